The lowest BCUT2D eigenvalue weighted by Crippen LogP contribution is -2.29. The van der Waals surface area contributed by atoms with E-state index in [1.54, 1.807) is 0 Å². The Morgan fingerprint density at radius 1 is 1.35 bits per heavy atom. The van der Waals surface area contributed by atoms with Crippen molar-refractivity contribution in [2.45, 2.75) is 6.10 Å². The quantitative estimate of drug-likeness (QED) is 0.775. The molecule has 5 nitrogen and oxygen atoms in total. The normalized spacial score (nSPS) is 19.9. The number of fused-ring (bicyclic) bond motifs is 1. The van der Waals surface area contributed by atoms with Crippen molar-refractivity contribution in [2.24, 2.45) is 0 Å². The zero-order chi connectivity index (χ0) is 11.7. The molecule has 3 rings (SSSR count). The maximum atomic E-state index is 5.88. The molecule has 1 aromatic carbocycles. The molecule has 5 heteroatoms. The van der Waals surface area contributed by atoms with Gasteiger partial charge in [0.05, 0.1) is 12.2 Å². The number of rotatable bonds is 2. The van der Waals surface area contributed by atoms with Crippen LogP contribution in [0.25, 0.3) is 0 Å². The zero-order valence-corrected chi connectivity index (χ0v) is 9.90. The van der Waals surface area contributed by atoms with Crippen LogP contribution in [0, 0.1) is 0 Å². The van der Waals surface area contributed by atoms with Crippen LogP contribution < -0.4 is 25.2 Å². The highest BCUT2D eigenvalue weighted by Gasteiger charge is 2.19. The van der Waals surface area contributed by atoms with Gasteiger partial charge < -0.3 is 14.4 Å². The Labute approximate surface area is 101 Å². The smallest absolute Gasteiger partial charge is 0.142 e. The van der Waals surface area contributed by atoms with Gasteiger partial charge in [-0.1, -0.05) is 0 Å². The van der Waals surface area contributed by atoms with Crippen LogP contribution in [-0.2, 0) is 0 Å². The highest BCUT2D eigenvalue weighted by atomic mass is 16.5. The van der Waals surface area contributed by atoms with Crippen LogP contribution in [0.2, 0.25) is 0 Å². The number of nitrogens with zero attached hydrogens (tertiary/aromatic N) is 1. The van der Waals surface area contributed by atoms with Crippen LogP contribution >= 0.6 is 0 Å². The monoisotopic (exact) mass is 235 g/mol. The van der Waals surface area contributed by atoms with Gasteiger partial charge in [0.1, 0.15) is 24.2 Å². The van der Waals surface area contributed by atoms with E-state index in [-0.39, 0.29) is 6.10 Å². The molecule has 2 heterocycles. The molecule has 0 amide bonds. The van der Waals surface area contributed by atoms with Gasteiger partial charge in [-0.05, 0) is 12.1 Å². The summed E-state index contributed by atoms with van der Waals surface area (Å²) in [6, 6.07) is 6.00. The van der Waals surface area contributed by atoms with Crippen molar-refractivity contribution in [3.63, 3.8) is 0 Å². The second-order valence-electron chi connectivity index (χ2n) is 4.40. The van der Waals surface area contributed by atoms with E-state index < -0.39 is 0 Å². The first-order chi connectivity index (χ1) is 8.33. The summed E-state index contributed by atoms with van der Waals surface area (Å²) in [6.07, 6.45) is 0.197. The number of nitrogens with one attached hydrogen (secondary N) is 2. The molecule has 1 fully saturated rings. The number of likely N-dealkylation sites (N-methyl/N-ethyl adjacent to an activating group) is 1. The van der Waals surface area contributed by atoms with Crippen molar-refractivity contribution in [2.75, 3.05) is 38.2 Å². The van der Waals surface area contributed by atoms with E-state index in [9.17, 15) is 0 Å². The first kappa shape index (κ1) is 10.7. The summed E-state index contributed by atoms with van der Waals surface area (Å²) in [5, 5.41) is 0. The standard InChI is InChI=1S/C12H17N3O2/c1-15-4-5-16-12-3-2-9(6-11(12)15)17-10-7-13-14-8-10/h2-3,6,10,13-14H,4-5,7-8H2,1H3. The molecule has 0 spiro atoms. The minimum Gasteiger partial charge on any atom is -0.490 e. The van der Waals surface area contributed by atoms with Gasteiger partial charge >= 0.3 is 0 Å². The molecule has 0 aromatic heterocycles. The SMILES string of the molecule is CN1CCOc2ccc(OC3CNNC3)cc21. The molecule has 0 radical (unpaired) electrons. The third-order valence-corrected chi connectivity index (χ3v) is 3.11. The van der Waals surface area contributed by atoms with Gasteiger partial charge in [-0.3, -0.25) is 10.9 Å². The molecule has 0 aliphatic carbocycles. The molecule has 1 aromatic rings. The Kier molecular flexibility index (Phi) is 2.78. The average Bonchev–Trinajstić information content (AvgIpc) is 2.83. The van der Waals surface area contributed by atoms with Gasteiger partial charge in [-0.2, -0.15) is 0 Å². The van der Waals surface area contributed by atoms with Crippen molar-refractivity contribution < 1.29 is 9.47 Å². The zero-order valence-electron chi connectivity index (χ0n) is 9.90. The first-order valence-corrected chi connectivity index (χ1v) is 5.93. The molecule has 0 unspecified atom stereocenters. The van der Waals surface area contributed by atoms with Crippen LogP contribution in [0.15, 0.2) is 18.2 Å². The van der Waals surface area contributed by atoms with Crippen molar-refractivity contribution >= 4 is 5.69 Å². The maximum absolute atomic E-state index is 5.88. The van der Waals surface area contributed by atoms with Crippen LogP contribution in [-0.4, -0.2) is 39.4 Å². The van der Waals surface area contributed by atoms with Crippen LogP contribution in [0.1, 0.15) is 0 Å². The summed E-state index contributed by atoms with van der Waals surface area (Å²) in [6.45, 7) is 3.34. The van der Waals surface area contributed by atoms with Gasteiger partial charge in [0, 0.05) is 26.2 Å². The van der Waals surface area contributed by atoms with Gasteiger partial charge in [-0.15, -0.1) is 0 Å². The van der Waals surface area contributed by atoms with Crippen molar-refractivity contribution in [3.8, 4) is 11.5 Å². The third-order valence-electron chi connectivity index (χ3n) is 3.11. The molecule has 2 N–H and O–H groups in total. The highest BCUT2D eigenvalue weighted by Crippen LogP contribution is 2.34. The van der Waals surface area contributed by atoms with E-state index in [1.807, 2.05) is 18.2 Å². The maximum Gasteiger partial charge on any atom is 0.142 e. The Morgan fingerprint density at radius 2 is 2.18 bits per heavy atom. The fraction of sp³-hybridized carbons (Fsp3) is 0.500. The topological polar surface area (TPSA) is 45.8 Å². The molecular weight excluding hydrogens is 218 g/mol. The van der Waals surface area contributed by atoms with E-state index in [1.165, 1.54) is 0 Å². The van der Waals surface area contributed by atoms with Crippen LogP contribution in [0.4, 0.5) is 5.69 Å². The van der Waals surface area contributed by atoms with E-state index in [0.29, 0.717) is 0 Å². The van der Waals surface area contributed by atoms with E-state index in [4.69, 9.17) is 9.47 Å². The molecule has 17 heavy (non-hydrogen) atoms. The number of hydrazine groups is 1. The molecular formula is C12H17N3O2. The Bertz CT molecular complexity index is 405. The lowest BCUT2D eigenvalue weighted by molar-refractivity contribution is 0.233. The van der Waals surface area contributed by atoms with Crippen molar-refractivity contribution in [1.29, 1.82) is 0 Å². The molecule has 92 valence electrons. The predicted molar refractivity (Wildman–Crippen MR) is 65.6 cm³/mol. The minimum atomic E-state index is 0.197. The number of hydrogen-bond acceptors (Lipinski definition) is 5. The molecule has 0 atom stereocenters. The van der Waals surface area contributed by atoms with Gasteiger partial charge in [0.15, 0.2) is 0 Å². The summed E-state index contributed by atoms with van der Waals surface area (Å²) >= 11 is 0. The second-order valence-corrected chi connectivity index (χ2v) is 4.40. The highest BCUT2D eigenvalue weighted by molar-refractivity contribution is 5.62. The van der Waals surface area contributed by atoms with E-state index >= 15 is 0 Å². The fourth-order valence-electron chi connectivity index (χ4n) is 2.12. The summed E-state index contributed by atoms with van der Waals surface area (Å²) in [5.74, 6) is 1.84. The molecule has 1 saturated heterocycles. The molecule has 2 aliphatic rings. The Hall–Kier alpha value is -1.46. The molecule has 0 bridgehead atoms. The lowest BCUT2D eigenvalue weighted by Gasteiger charge is -2.28. The summed E-state index contributed by atoms with van der Waals surface area (Å²) in [4.78, 5) is 2.19. The predicted octanol–water partition coefficient (Wildman–Crippen LogP) is 0.370. The van der Waals surface area contributed by atoms with Crippen LogP contribution in [0.5, 0.6) is 11.5 Å². The number of ether oxygens (including phenoxy) is 2. The Morgan fingerprint density at radius 3 is 3.00 bits per heavy atom. The summed E-state index contributed by atoms with van der Waals surface area (Å²) in [5.41, 5.74) is 7.21. The summed E-state index contributed by atoms with van der Waals surface area (Å²) in [7, 11) is 2.07. The van der Waals surface area contributed by atoms with Gasteiger partial charge in [-0.25, -0.2) is 0 Å². The van der Waals surface area contributed by atoms with Gasteiger partial charge in [0.2, 0.25) is 0 Å². The van der Waals surface area contributed by atoms with E-state index in [0.717, 1.165) is 43.4 Å². The van der Waals surface area contributed by atoms with Gasteiger partial charge in [0.25, 0.3) is 0 Å². The lowest BCUT2D eigenvalue weighted by atomic mass is 10.2. The third kappa shape index (κ3) is 2.16. The Balaban J connectivity index is 1.79. The average molecular weight is 235 g/mol. The second kappa shape index (κ2) is 4.43. The van der Waals surface area contributed by atoms with Crippen molar-refractivity contribution in [3.05, 3.63) is 18.2 Å². The van der Waals surface area contributed by atoms with E-state index in [2.05, 4.69) is 22.8 Å². The minimum absolute atomic E-state index is 0.197. The van der Waals surface area contributed by atoms with Crippen LogP contribution in [0.3, 0.4) is 0 Å². The molecule has 2 aliphatic heterocycles. The first-order valence-electron chi connectivity index (χ1n) is 5.93. The largest absolute Gasteiger partial charge is 0.490 e. The molecule has 0 saturated carbocycles. The fourth-order valence-corrected chi connectivity index (χ4v) is 2.12. The number of anilines is 1. The number of hydrogen-bond donors (Lipinski definition) is 2. The summed E-state index contributed by atoms with van der Waals surface area (Å²) < 4.78 is 11.5. The van der Waals surface area contributed by atoms with Crippen molar-refractivity contribution in [1.82, 2.24) is 10.9 Å². The number of benzene rings is 1.